The lowest BCUT2D eigenvalue weighted by Gasteiger charge is -2.22. The number of carbonyl (C=O) groups excluding carboxylic acids is 1. The molecule has 0 spiro atoms. The van der Waals surface area contributed by atoms with Crippen LogP contribution in [0.5, 0.6) is 0 Å². The molecule has 0 saturated heterocycles. The van der Waals surface area contributed by atoms with Gasteiger partial charge in [0, 0.05) is 5.92 Å². The summed E-state index contributed by atoms with van der Waals surface area (Å²) in [5.74, 6) is 0.0269. The number of nitrogens with one attached hydrogen (secondary N) is 1. The van der Waals surface area contributed by atoms with Gasteiger partial charge in [-0.2, -0.15) is 0 Å². The van der Waals surface area contributed by atoms with Gasteiger partial charge < -0.3 is 0 Å². The Morgan fingerprint density at radius 1 is 1.55 bits per heavy atom. The molecule has 3 nitrogen and oxygen atoms in total. The van der Waals surface area contributed by atoms with Crippen molar-refractivity contribution in [2.24, 2.45) is 11.8 Å². The van der Waals surface area contributed by atoms with E-state index in [-0.39, 0.29) is 11.8 Å². The summed E-state index contributed by atoms with van der Waals surface area (Å²) in [7, 11) is 0. The first-order valence-electron chi connectivity index (χ1n) is 3.84. The minimum atomic E-state index is -0.262. The summed E-state index contributed by atoms with van der Waals surface area (Å²) >= 11 is 0. The van der Waals surface area contributed by atoms with Crippen LogP contribution in [-0.2, 0) is 4.79 Å². The molecule has 2 unspecified atom stereocenters. The summed E-state index contributed by atoms with van der Waals surface area (Å²) < 4.78 is 0. The lowest BCUT2D eigenvalue weighted by atomic mass is 9.84. The molecule has 0 aliphatic heterocycles. The lowest BCUT2D eigenvalue weighted by Crippen LogP contribution is -2.32. The molecule has 0 radical (unpaired) electrons. The van der Waals surface area contributed by atoms with Crippen molar-refractivity contribution in [3.8, 4) is 0 Å². The average Bonchev–Trinajstić information content (AvgIpc) is 2.04. The monoisotopic (exact) mass is 155 g/mol. The highest BCUT2D eigenvalue weighted by Gasteiger charge is 2.24. The van der Waals surface area contributed by atoms with Gasteiger partial charge in [0.2, 0.25) is 5.91 Å². The second kappa shape index (κ2) is 3.53. The van der Waals surface area contributed by atoms with Crippen LogP contribution in [0.3, 0.4) is 0 Å². The zero-order valence-corrected chi connectivity index (χ0v) is 6.58. The van der Waals surface area contributed by atoms with Crippen molar-refractivity contribution in [2.45, 2.75) is 19.8 Å². The second-order valence-electron chi connectivity index (χ2n) is 3.00. The van der Waals surface area contributed by atoms with Gasteiger partial charge in [0.1, 0.15) is 0 Å². The van der Waals surface area contributed by atoms with Gasteiger partial charge >= 0.3 is 0 Å². The molecule has 0 fully saturated rings. The first-order chi connectivity index (χ1) is 5.25. The smallest absolute Gasteiger partial charge is 0.247 e. The van der Waals surface area contributed by atoms with Gasteiger partial charge in [0.15, 0.2) is 0 Å². The number of hydroxylamine groups is 1. The van der Waals surface area contributed by atoms with Crippen LogP contribution in [0, 0.1) is 11.8 Å². The maximum atomic E-state index is 11.0. The van der Waals surface area contributed by atoms with Gasteiger partial charge in [-0.1, -0.05) is 19.1 Å². The summed E-state index contributed by atoms with van der Waals surface area (Å²) in [5, 5.41) is 8.38. The molecule has 0 aromatic rings. The van der Waals surface area contributed by atoms with E-state index in [0.717, 1.165) is 12.8 Å². The van der Waals surface area contributed by atoms with Gasteiger partial charge in [-0.3, -0.25) is 10.0 Å². The van der Waals surface area contributed by atoms with Crippen LogP contribution in [0.1, 0.15) is 19.8 Å². The quantitative estimate of drug-likeness (QED) is 0.338. The molecule has 2 atom stereocenters. The van der Waals surface area contributed by atoms with Gasteiger partial charge in [0.05, 0.1) is 0 Å². The first-order valence-corrected chi connectivity index (χ1v) is 3.84. The van der Waals surface area contributed by atoms with Crippen molar-refractivity contribution in [2.75, 3.05) is 0 Å². The van der Waals surface area contributed by atoms with Crippen molar-refractivity contribution in [1.82, 2.24) is 5.48 Å². The summed E-state index contributed by atoms with van der Waals surface area (Å²) in [6, 6.07) is 0. The van der Waals surface area contributed by atoms with E-state index in [4.69, 9.17) is 5.21 Å². The molecule has 1 amide bonds. The average molecular weight is 155 g/mol. The summed E-state index contributed by atoms with van der Waals surface area (Å²) in [5.41, 5.74) is 1.69. The minimum absolute atomic E-state index is 0.0509. The zero-order chi connectivity index (χ0) is 8.27. The molecule has 3 heteroatoms. The standard InChI is InChI=1S/C8H13NO2/c1-6-4-2-3-5-7(6)8(10)9-11/h2-3,6-7,11H,4-5H2,1H3,(H,9,10). The zero-order valence-electron chi connectivity index (χ0n) is 6.58. The van der Waals surface area contributed by atoms with E-state index in [1.165, 1.54) is 0 Å². The second-order valence-corrected chi connectivity index (χ2v) is 3.00. The highest BCUT2D eigenvalue weighted by atomic mass is 16.5. The molecule has 0 bridgehead atoms. The Morgan fingerprint density at radius 2 is 2.18 bits per heavy atom. The number of allylic oxidation sites excluding steroid dienone is 2. The molecule has 0 aromatic heterocycles. The van der Waals surface area contributed by atoms with Crippen molar-refractivity contribution >= 4 is 5.91 Å². The largest absolute Gasteiger partial charge is 0.289 e. The molecule has 62 valence electrons. The van der Waals surface area contributed by atoms with Crippen molar-refractivity contribution in [3.63, 3.8) is 0 Å². The Balaban J connectivity index is 2.56. The van der Waals surface area contributed by atoms with E-state index in [2.05, 4.69) is 6.08 Å². The van der Waals surface area contributed by atoms with E-state index in [1.54, 1.807) is 5.48 Å². The Morgan fingerprint density at radius 3 is 2.73 bits per heavy atom. The Labute approximate surface area is 66.1 Å². The minimum Gasteiger partial charge on any atom is -0.289 e. The molecule has 0 saturated carbocycles. The van der Waals surface area contributed by atoms with Crippen molar-refractivity contribution in [1.29, 1.82) is 0 Å². The van der Waals surface area contributed by atoms with Crippen molar-refractivity contribution in [3.05, 3.63) is 12.2 Å². The molecular weight excluding hydrogens is 142 g/mol. The molecule has 1 aliphatic rings. The van der Waals surface area contributed by atoms with Crippen LogP contribution in [0.25, 0.3) is 0 Å². The number of carbonyl (C=O) groups is 1. The van der Waals surface area contributed by atoms with Crippen LogP contribution in [0.15, 0.2) is 12.2 Å². The van der Waals surface area contributed by atoms with Crippen molar-refractivity contribution < 1.29 is 10.0 Å². The Kier molecular flexibility index (Phi) is 2.65. The third kappa shape index (κ3) is 1.80. The highest BCUT2D eigenvalue weighted by Crippen LogP contribution is 2.24. The molecule has 0 heterocycles. The summed E-state index contributed by atoms with van der Waals surface area (Å²) in [6.45, 7) is 2.02. The predicted octanol–water partition coefficient (Wildman–Crippen LogP) is 1.09. The number of rotatable bonds is 1. The van der Waals surface area contributed by atoms with Crippen LogP contribution < -0.4 is 5.48 Å². The number of hydrogen-bond acceptors (Lipinski definition) is 2. The number of hydrogen-bond donors (Lipinski definition) is 2. The molecule has 1 rings (SSSR count). The predicted molar refractivity (Wildman–Crippen MR) is 41.0 cm³/mol. The van der Waals surface area contributed by atoms with Gasteiger partial charge in [0.25, 0.3) is 0 Å². The topological polar surface area (TPSA) is 49.3 Å². The van der Waals surface area contributed by atoms with Crippen LogP contribution in [-0.4, -0.2) is 11.1 Å². The molecule has 2 N–H and O–H groups in total. The van der Waals surface area contributed by atoms with E-state index < -0.39 is 0 Å². The fourth-order valence-corrected chi connectivity index (χ4v) is 1.40. The first kappa shape index (κ1) is 8.27. The van der Waals surface area contributed by atoms with Gasteiger partial charge in [-0.25, -0.2) is 5.48 Å². The Bertz CT molecular complexity index is 177. The maximum Gasteiger partial charge on any atom is 0.247 e. The SMILES string of the molecule is CC1CC=CCC1C(=O)NO. The number of amides is 1. The van der Waals surface area contributed by atoms with Crippen LogP contribution >= 0.6 is 0 Å². The van der Waals surface area contributed by atoms with E-state index in [0.29, 0.717) is 5.92 Å². The molecule has 1 aliphatic carbocycles. The van der Waals surface area contributed by atoms with Gasteiger partial charge in [-0.15, -0.1) is 0 Å². The lowest BCUT2D eigenvalue weighted by molar-refractivity contribution is -0.135. The molecule has 11 heavy (non-hydrogen) atoms. The molecule has 0 aromatic carbocycles. The third-order valence-electron chi connectivity index (χ3n) is 2.20. The fourth-order valence-electron chi connectivity index (χ4n) is 1.40. The van der Waals surface area contributed by atoms with Crippen LogP contribution in [0.2, 0.25) is 0 Å². The van der Waals surface area contributed by atoms with E-state index >= 15 is 0 Å². The van der Waals surface area contributed by atoms with E-state index in [9.17, 15) is 4.79 Å². The fraction of sp³-hybridized carbons (Fsp3) is 0.625. The van der Waals surface area contributed by atoms with Crippen LogP contribution in [0.4, 0.5) is 0 Å². The van der Waals surface area contributed by atoms with E-state index in [1.807, 2.05) is 13.0 Å². The third-order valence-corrected chi connectivity index (χ3v) is 2.20. The highest BCUT2D eigenvalue weighted by molar-refractivity contribution is 5.78. The summed E-state index contributed by atoms with van der Waals surface area (Å²) in [6.07, 6.45) is 5.73. The van der Waals surface area contributed by atoms with Gasteiger partial charge in [-0.05, 0) is 18.8 Å². The molecular formula is C8H13NO2. The normalized spacial score (nSPS) is 30.0. The summed E-state index contributed by atoms with van der Waals surface area (Å²) in [4.78, 5) is 11.0. The Hall–Kier alpha value is -0.830. The maximum absolute atomic E-state index is 11.0.